The Morgan fingerprint density at radius 1 is 1.04 bits per heavy atom. The smallest absolute Gasteiger partial charge is 0.0968 e. The molecule has 0 unspecified atom stereocenters. The van der Waals surface area contributed by atoms with Gasteiger partial charge in [-0.3, -0.25) is 9.58 Å². The van der Waals surface area contributed by atoms with E-state index in [9.17, 15) is 5.11 Å². The molecule has 0 spiro atoms. The Morgan fingerprint density at radius 3 is 2.54 bits per heavy atom. The van der Waals surface area contributed by atoms with Crippen molar-refractivity contribution in [3.8, 4) is 11.3 Å². The highest BCUT2D eigenvalue weighted by Gasteiger charge is 2.21. The lowest BCUT2D eigenvalue weighted by Crippen LogP contribution is -2.37. The van der Waals surface area contributed by atoms with Crippen LogP contribution >= 0.6 is 0 Å². The molecule has 2 aliphatic rings. The van der Waals surface area contributed by atoms with Crippen molar-refractivity contribution < 1.29 is 5.11 Å². The van der Waals surface area contributed by atoms with Crippen LogP contribution in [0.1, 0.15) is 62.0 Å². The summed E-state index contributed by atoms with van der Waals surface area (Å²) in [5.74, 6) is 0.746. The Bertz CT molecular complexity index is 715. The molecule has 1 N–H and O–H groups in total. The van der Waals surface area contributed by atoms with Crippen molar-refractivity contribution >= 4 is 0 Å². The first kappa shape index (κ1) is 17.7. The Hall–Kier alpha value is -1.65. The van der Waals surface area contributed by atoms with Gasteiger partial charge >= 0.3 is 0 Å². The molecular weight excluding hydrogens is 322 g/mol. The average Bonchev–Trinajstić information content (AvgIpc) is 3.03. The lowest BCUT2D eigenvalue weighted by Gasteiger charge is -2.29. The van der Waals surface area contributed by atoms with Gasteiger partial charge in [-0.15, -0.1) is 0 Å². The number of piperidine rings is 1. The van der Waals surface area contributed by atoms with E-state index in [4.69, 9.17) is 5.10 Å². The van der Waals surface area contributed by atoms with Crippen molar-refractivity contribution in [1.82, 2.24) is 14.7 Å². The first-order valence-electron chi connectivity index (χ1n) is 10.2. The molecule has 4 rings (SSSR count). The first-order chi connectivity index (χ1) is 12.7. The van der Waals surface area contributed by atoms with Crippen molar-refractivity contribution in [2.75, 3.05) is 13.1 Å². The highest BCUT2D eigenvalue weighted by atomic mass is 16.3. The van der Waals surface area contributed by atoms with Gasteiger partial charge in [0.15, 0.2) is 0 Å². The number of aromatic nitrogens is 2. The molecule has 0 bridgehead atoms. The van der Waals surface area contributed by atoms with E-state index >= 15 is 0 Å². The summed E-state index contributed by atoms with van der Waals surface area (Å²) in [6.45, 7) is 2.70. The fourth-order valence-corrected chi connectivity index (χ4v) is 4.66. The number of aryl methyl sites for hydroxylation is 1. The molecule has 1 saturated heterocycles. The minimum Gasteiger partial charge on any atom is -0.392 e. The summed E-state index contributed by atoms with van der Waals surface area (Å²) in [6, 6.07) is 9.13. The van der Waals surface area contributed by atoms with E-state index in [-0.39, 0.29) is 6.10 Å². The fourth-order valence-electron chi connectivity index (χ4n) is 4.66. The minimum atomic E-state index is -0.182. The Morgan fingerprint density at radius 2 is 1.81 bits per heavy atom. The molecule has 0 radical (unpaired) electrons. The molecule has 1 aromatic heterocycles. The van der Waals surface area contributed by atoms with Crippen LogP contribution in [0.15, 0.2) is 30.5 Å². The molecule has 1 aromatic carbocycles. The third-order valence-corrected chi connectivity index (χ3v) is 6.04. The van der Waals surface area contributed by atoms with Crippen LogP contribution in [-0.4, -0.2) is 39.0 Å². The summed E-state index contributed by atoms with van der Waals surface area (Å²) in [5.41, 5.74) is 5.04. The molecule has 1 saturated carbocycles. The van der Waals surface area contributed by atoms with Crippen molar-refractivity contribution in [1.29, 1.82) is 0 Å². The maximum absolute atomic E-state index is 9.94. The highest BCUT2D eigenvalue weighted by molar-refractivity contribution is 5.63. The van der Waals surface area contributed by atoms with Crippen LogP contribution < -0.4 is 0 Å². The number of aliphatic hydroxyl groups is 1. The molecule has 140 valence electrons. The Balaban J connectivity index is 1.52. The zero-order valence-electron chi connectivity index (χ0n) is 15.9. The molecule has 2 fully saturated rings. The molecule has 2 aromatic rings. The van der Waals surface area contributed by atoms with Crippen LogP contribution in [-0.2, 0) is 13.6 Å². The topological polar surface area (TPSA) is 41.3 Å². The van der Waals surface area contributed by atoms with E-state index in [1.807, 2.05) is 11.7 Å². The van der Waals surface area contributed by atoms with Gasteiger partial charge in [-0.05, 0) is 43.7 Å². The number of aliphatic hydroxyl groups excluding tert-OH is 1. The predicted molar refractivity (Wildman–Crippen MR) is 105 cm³/mol. The molecule has 1 aliphatic carbocycles. The number of hydrogen-bond donors (Lipinski definition) is 1. The zero-order valence-corrected chi connectivity index (χ0v) is 15.9. The third kappa shape index (κ3) is 4.02. The normalized spacial score (nSPS) is 22.6. The lowest BCUT2D eigenvalue weighted by molar-refractivity contribution is 0.0669. The largest absolute Gasteiger partial charge is 0.392 e. The summed E-state index contributed by atoms with van der Waals surface area (Å²) in [4.78, 5) is 2.35. The zero-order chi connectivity index (χ0) is 17.9. The van der Waals surface area contributed by atoms with Crippen LogP contribution in [0.25, 0.3) is 11.3 Å². The second kappa shape index (κ2) is 7.93. The molecule has 4 heteroatoms. The molecule has 1 aliphatic heterocycles. The summed E-state index contributed by atoms with van der Waals surface area (Å²) < 4.78 is 1.92. The molecule has 1 atom stereocenters. The molecular formula is C22H31N3O. The Kier molecular flexibility index (Phi) is 5.41. The van der Waals surface area contributed by atoms with Crippen molar-refractivity contribution in [2.45, 2.75) is 63.5 Å². The fraction of sp³-hybridized carbons (Fsp3) is 0.591. The van der Waals surface area contributed by atoms with E-state index < -0.39 is 0 Å². The number of β-amino-alcohol motifs (C(OH)–C–C–N with tert-alkyl or cyclic N) is 1. The highest BCUT2D eigenvalue weighted by Crippen LogP contribution is 2.34. The van der Waals surface area contributed by atoms with Gasteiger partial charge in [-0.1, -0.05) is 43.5 Å². The van der Waals surface area contributed by atoms with Crippen molar-refractivity contribution in [2.24, 2.45) is 7.05 Å². The van der Waals surface area contributed by atoms with Crippen LogP contribution in [0.4, 0.5) is 0 Å². The summed E-state index contributed by atoms with van der Waals surface area (Å²) >= 11 is 0. The number of hydrogen-bond acceptors (Lipinski definition) is 3. The number of nitrogens with zero attached hydrogens (tertiary/aromatic N) is 3. The summed E-state index contributed by atoms with van der Waals surface area (Å²) in [7, 11) is 1.99. The molecule has 4 nitrogen and oxygen atoms in total. The van der Waals surface area contributed by atoms with Crippen LogP contribution in [0.3, 0.4) is 0 Å². The van der Waals surface area contributed by atoms with E-state index in [1.54, 1.807) is 0 Å². The van der Waals surface area contributed by atoms with Gasteiger partial charge in [-0.25, -0.2) is 0 Å². The van der Waals surface area contributed by atoms with Crippen LogP contribution in [0.2, 0.25) is 0 Å². The van der Waals surface area contributed by atoms with Gasteiger partial charge in [0.1, 0.15) is 0 Å². The molecule has 0 amide bonds. The van der Waals surface area contributed by atoms with Crippen molar-refractivity contribution in [3.63, 3.8) is 0 Å². The standard InChI is InChI=1S/C22H31N3O/c1-24-14-20(15-25-13-5-8-21(26)16-25)22(23-24)19-11-9-18(10-12-19)17-6-3-2-4-7-17/h9-12,14,17,21,26H,2-8,13,15-16H2,1H3/t21-/m1/s1. The number of benzene rings is 1. The van der Waals surface area contributed by atoms with Gasteiger partial charge in [0.25, 0.3) is 0 Å². The van der Waals surface area contributed by atoms with Gasteiger partial charge < -0.3 is 5.11 Å². The van der Waals surface area contributed by atoms with Gasteiger partial charge in [0.05, 0.1) is 11.8 Å². The van der Waals surface area contributed by atoms with Crippen LogP contribution in [0, 0.1) is 0 Å². The molecule has 26 heavy (non-hydrogen) atoms. The predicted octanol–water partition coefficient (Wildman–Crippen LogP) is 4.09. The van der Waals surface area contributed by atoms with E-state index in [2.05, 4.69) is 35.4 Å². The Labute approximate surface area is 156 Å². The van der Waals surface area contributed by atoms with Gasteiger partial charge in [-0.2, -0.15) is 5.10 Å². The number of likely N-dealkylation sites (tertiary alicyclic amines) is 1. The summed E-state index contributed by atoms with van der Waals surface area (Å²) in [5, 5.41) is 14.7. The average molecular weight is 354 g/mol. The van der Waals surface area contributed by atoms with E-state index in [1.165, 1.54) is 48.8 Å². The first-order valence-corrected chi connectivity index (χ1v) is 10.2. The third-order valence-electron chi connectivity index (χ3n) is 6.04. The molecule has 2 heterocycles. The van der Waals surface area contributed by atoms with Gasteiger partial charge in [0, 0.05) is 37.5 Å². The van der Waals surface area contributed by atoms with E-state index in [0.29, 0.717) is 0 Å². The lowest BCUT2D eigenvalue weighted by atomic mass is 9.84. The monoisotopic (exact) mass is 353 g/mol. The van der Waals surface area contributed by atoms with Crippen molar-refractivity contribution in [3.05, 3.63) is 41.6 Å². The quantitative estimate of drug-likeness (QED) is 0.900. The number of rotatable bonds is 4. The van der Waals surface area contributed by atoms with E-state index in [0.717, 1.165) is 44.1 Å². The second-order valence-electron chi connectivity index (χ2n) is 8.16. The summed E-state index contributed by atoms with van der Waals surface area (Å²) in [6.07, 6.45) is 10.8. The SMILES string of the molecule is Cn1cc(CN2CCC[C@@H](O)C2)c(-c2ccc(C3CCCCC3)cc2)n1. The maximum atomic E-state index is 9.94. The maximum Gasteiger partial charge on any atom is 0.0968 e. The minimum absolute atomic E-state index is 0.182. The van der Waals surface area contributed by atoms with Gasteiger partial charge in [0.2, 0.25) is 0 Å². The van der Waals surface area contributed by atoms with Crippen LogP contribution in [0.5, 0.6) is 0 Å². The second-order valence-corrected chi connectivity index (χ2v) is 8.16.